The van der Waals surface area contributed by atoms with E-state index in [-0.39, 0.29) is 5.82 Å². The molecule has 0 spiro atoms. The first-order chi connectivity index (χ1) is 6.69. The van der Waals surface area contributed by atoms with Crippen LogP contribution in [0.15, 0.2) is 12.1 Å². The lowest BCUT2D eigenvalue weighted by atomic mass is 10.1. The van der Waals surface area contributed by atoms with Gasteiger partial charge in [-0.1, -0.05) is 0 Å². The van der Waals surface area contributed by atoms with E-state index in [1.54, 1.807) is 0 Å². The van der Waals surface area contributed by atoms with Crippen molar-refractivity contribution >= 4 is 0 Å². The van der Waals surface area contributed by atoms with Gasteiger partial charge in [0.2, 0.25) is 0 Å². The van der Waals surface area contributed by atoms with Crippen molar-refractivity contribution in [3.05, 3.63) is 29.1 Å². The minimum absolute atomic E-state index is 0.305. The molecule has 0 aliphatic rings. The number of rotatable bonds is 4. The fourth-order valence-electron chi connectivity index (χ4n) is 1.25. The molecule has 14 heavy (non-hydrogen) atoms. The van der Waals surface area contributed by atoms with Gasteiger partial charge in [-0.2, -0.15) is 5.48 Å². The Labute approximate surface area is 82.8 Å². The number of benzene rings is 1. The number of hydrogen-bond donors (Lipinski definition) is 1. The lowest BCUT2D eigenvalue weighted by Crippen LogP contribution is -2.12. The molecule has 0 fully saturated rings. The fourth-order valence-corrected chi connectivity index (χ4v) is 1.25. The van der Waals surface area contributed by atoms with Gasteiger partial charge in [0.1, 0.15) is 11.6 Å². The lowest BCUT2D eigenvalue weighted by Gasteiger charge is -2.10. The van der Waals surface area contributed by atoms with E-state index in [2.05, 4.69) is 5.48 Å². The highest BCUT2D eigenvalue weighted by molar-refractivity contribution is 5.39. The van der Waals surface area contributed by atoms with Crippen LogP contribution in [-0.4, -0.2) is 14.2 Å². The highest BCUT2D eigenvalue weighted by Crippen LogP contribution is 2.22. The van der Waals surface area contributed by atoms with Crippen LogP contribution in [0.1, 0.15) is 11.1 Å². The SMILES string of the molecule is CONCc1cc(F)cc(OC)c1C. The first-order valence-corrected chi connectivity index (χ1v) is 4.28. The summed E-state index contributed by atoms with van der Waals surface area (Å²) >= 11 is 0. The maximum atomic E-state index is 13.1. The van der Waals surface area contributed by atoms with Crippen LogP contribution in [0.3, 0.4) is 0 Å². The summed E-state index contributed by atoms with van der Waals surface area (Å²) in [6, 6.07) is 2.83. The van der Waals surface area contributed by atoms with E-state index in [1.807, 2.05) is 6.92 Å². The molecule has 3 nitrogen and oxygen atoms in total. The smallest absolute Gasteiger partial charge is 0.127 e. The van der Waals surface area contributed by atoms with Gasteiger partial charge in [0.25, 0.3) is 0 Å². The monoisotopic (exact) mass is 199 g/mol. The first-order valence-electron chi connectivity index (χ1n) is 4.28. The van der Waals surface area contributed by atoms with Crippen LogP contribution in [0.4, 0.5) is 4.39 Å². The molecule has 0 aliphatic carbocycles. The molecule has 1 N–H and O–H groups in total. The molecule has 0 bridgehead atoms. The zero-order valence-electron chi connectivity index (χ0n) is 8.56. The maximum Gasteiger partial charge on any atom is 0.127 e. The molecule has 4 heteroatoms. The van der Waals surface area contributed by atoms with E-state index in [9.17, 15) is 4.39 Å². The van der Waals surface area contributed by atoms with Gasteiger partial charge >= 0.3 is 0 Å². The van der Waals surface area contributed by atoms with Crippen LogP contribution in [0.2, 0.25) is 0 Å². The molecule has 1 aromatic carbocycles. The number of ether oxygens (including phenoxy) is 1. The van der Waals surface area contributed by atoms with Gasteiger partial charge in [-0.15, -0.1) is 0 Å². The quantitative estimate of drug-likeness (QED) is 0.750. The average Bonchev–Trinajstić information content (AvgIpc) is 2.18. The predicted molar refractivity (Wildman–Crippen MR) is 51.5 cm³/mol. The minimum Gasteiger partial charge on any atom is -0.496 e. The third kappa shape index (κ3) is 2.43. The number of methoxy groups -OCH3 is 1. The molecule has 78 valence electrons. The second-order valence-electron chi connectivity index (χ2n) is 2.92. The third-order valence-corrected chi connectivity index (χ3v) is 2.06. The Morgan fingerprint density at radius 3 is 2.64 bits per heavy atom. The van der Waals surface area contributed by atoms with Crippen molar-refractivity contribution < 1.29 is 14.0 Å². The minimum atomic E-state index is -0.305. The molecule has 0 aromatic heterocycles. The number of nitrogens with one attached hydrogen (secondary N) is 1. The summed E-state index contributed by atoms with van der Waals surface area (Å²) in [4.78, 5) is 4.70. The molecular weight excluding hydrogens is 185 g/mol. The van der Waals surface area contributed by atoms with Crippen LogP contribution in [0.25, 0.3) is 0 Å². The topological polar surface area (TPSA) is 30.5 Å². The average molecular weight is 199 g/mol. The zero-order valence-corrected chi connectivity index (χ0v) is 8.56. The fraction of sp³-hybridized carbons (Fsp3) is 0.400. The lowest BCUT2D eigenvalue weighted by molar-refractivity contribution is 0.0864. The maximum absolute atomic E-state index is 13.1. The van der Waals surface area contributed by atoms with Gasteiger partial charge in [-0.3, -0.25) is 0 Å². The molecule has 0 saturated heterocycles. The summed E-state index contributed by atoms with van der Waals surface area (Å²) < 4.78 is 18.1. The molecule has 0 amide bonds. The number of halogens is 1. The molecule has 0 saturated carbocycles. The summed E-state index contributed by atoms with van der Waals surface area (Å²) in [7, 11) is 3.04. The standard InChI is InChI=1S/C10H14FNO2/c1-7-8(6-12-14-3)4-9(11)5-10(7)13-2/h4-5,12H,6H2,1-3H3. The van der Waals surface area contributed by atoms with Crippen LogP contribution in [0.5, 0.6) is 5.75 Å². The Bertz CT molecular complexity index is 315. The van der Waals surface area contributed by atoms with Gasteiger partial charge < -0.3 is 9.57 Å². The summed E-state index contributed by atoms with van der Waals surface area (Å²) in [6.07, 6.45) is 0. The zero-order chi connectivity index (χ0) is 10.6. The van der Waals surface area contributed by atoms with Gasteiger partial charge in [-0.05, 0) is 24.1 Å². The summed E-state index contributed by atoms with van der Waals surface area (Å²) in [5.74, 6) is 0.248. The second kappa shape index (κ2) is 4.93. The number of hydroxylamine groups is 1. The molecule has 0 atom stereocenters. The van der Waals surface area contributed by atoms with Crippen molar-refractivity contribution in [3.63, 3.8) is 0 Å². The molecular formula is C10H14FNO2. The van der Waals surface area contributed by atoms with E-state index in [0.29, 0.717) is 12.3 Å². The molecule has 0 unspecified atom stereocenters. The summed E-state index contributed by atoms with van der Waals surface area (Å²) in [5, 5.41) is 0. The molecule has 1 aromatic rings. The first kappa shape index (κ1) is 10.9. The second-order valence-corrected chi connectivity index (χ2v) is 2.92. The molecule has 0 heterocycles. The Balaban J connectivity index is 2.96. The van der Waals surface area contributed by atoms with Gasteiger partial charge in [0.05, 0.1) is 14.2 Å². The van der Waals surface area contributed by atoms with E-state index < -0.39 is 0 Å². The van der Waals surface area contributed by atoms with Gasteiger partial charge in [0, 0.05) is 12.6 Å². The molecule has 1 rings (SSSR count). The van der Waals surface area contributed by atoms with E-state index >= 15 is 0 Å². The van der Waals surface area contributed by atoms with Crippen molar-refractivity contribution in [2.45, 2.75) is 13.5 Å². The van der Waals surface area contributed by atoms with Crippen LogP contribution in [-0.2, 0) is 11.4 Å². The summed E-state index contributed by atoms with van der Waals surface area (Å²) in [6.45, 7) is 2.33. The third-order valence-electron chi connectivity index (χ3n) is 2.06. The largest absolute Gasteiger partial charge is 0.496 e. The Morgan fingerprint density at radius 2 is 2.07 bits per heavy atom. The van der Waals surface area contributed by atoms with Gasteiger partial charge in [0.15, 0.2) is 0 Å². The van der Waals surface area contributed by atoms with E-state index in [4.69, 9.17) is 9.57 Å². The van der Waals surface area contributed by atoms with Crippen LogP contribution < -0.4 is 10.2 Å². The Hall–Kier alpha value is -1.13. The van der Waals surface area contributed by atoms with Gasteiger partial charge in [-0.25, -0.2) is 4.39 Å². The molecule has 0 radical (unpaired) electrons. The van der Waals surface area contributed by atoms with Crippen LogP contribution >= 0.6 is 0 Å². The highest BCUT2D eigenvalue weighted by Gasteiger charge is 2.07. The Morgan fingerprint density at radius 1 is 1.36 bits per heavy atom. The Kier molecular flexibility index (Phi) is 3.85. The number of hydrogen-bond acceptors (Lipinski definition) is 3. The van der Waals surface area contributed by atoms with Crippen molar-refractivity contribution in [1.29, 1.82) is 0 Å². The van der Waals surface area contributed by atoms with Crippen molar-refractivity contribution in [1.82, 2.24) is 5.48 Å². The van der Waals surface area contributed by atoms with Crippen molar-refractivity contribution in [3.8, 4) is 5.75 Å². The molecule has 0 aliphatic heterocycles. The van der Waals surface area contributed by atoms with Crippen molar-refractivity contribution in [2.24, 2.45) is 0 Å². The normalized spacial score (nSPS) is 10.3. The predicted octanol–water partition coefficient (Wildman–Crippen LogP) is 1.79. The summed E-state index contributed by atoms with van der Waals surface area (Å²) in [5.41, 5.74) is 4.40. The van der Waals surface area contributed by atoms with Crippen molar-refractivity contribution in [2.75, 3.05) is 14.2 Å². The van der Waals surface area contributed by atoms with E-state index in [0.717, 1.165) is 11.1 Å². The van der Waals surface area contributed by atoms with E-state index in [1.165, 1.54) is 26.4 Å². The van der Waals surface area contributed by atoms with Crippen LogP contribution in [0, 0.1) is 12.7 Å². The highest BCUT2D eigenvalue weighted by atomic mass is 19.1.